The average molecular weight is 703 g/mol. The van der Waals surface area contributed by atoms with Gasteiger partial charge in [-0.1, -0.05) is 13.0 Å². The Morgan fingerprint density at radius 2 is 1.69 bits per heavy atom. The van der Waals surface area contributed by atoms with Gasteiger partial charge in [0.15, 0.2) is 0 Å². The summed E-state index contributed by atoms with van der Waals surface area (Å²) in [5.41, 5.74) is 7.10. The van der Waals surface area contributed by atoms with Crippen LogP contribution in [0.4, 0.5) is 20.2 Å². The topological polar surface area (TPSA) is 136 Å². The van der Waals surface area contributed by atoms with Crippen LogP contribution in [-0.4, -0.2) is 84.2 Å². The second-order valence-corrected chi connectivity index (χ2v) is 13.0. The van der Waals surface area contributed by atoms with Gasteiger partial charge in [0.05, 0.1) is 43.9 Å². The summed E-state index contributed by atoms with van der Waals surface area (Å²) < 4.78 is 43.6. The van der Waals surface area contributed by atoms with Crippen molar-refractivity contribution in [2.24, 2.45) is 21.6 Å². The van der Waals surface area contributed by atoms with Crippen molar-refractivity contribution in [2.75, 3.05) is 55.7 Å². The lowest BCUT2D eigenvalue weighted by atomic mass is 9.87. The van der Waals surface area contributed by atoms with Crippen molar-refractivity contribution in [1.29, 1.82) is 0 Å². The Morgan fingerprint density at radius 3 is 2.29 bits per heavy atom. The molecule has 12 nitrogen and oxygen atoms in total. The molecule has 0 bridgehead atoms. The lowest BCUT2D eigenvalue weighted by Crippen LogP contribution is -2.46. The molecule has 6 rings (SSSR count). The van der Waals surface area contributed by atoms with Crippen molar-refractivity contribution >= 4 is 24.1 Å². The number of nitrogens with zero attached hydrogens (tertiary/aromatic N) is 7. The zero-order chi connectivity index (χ0) is 36.0. The fourth-order valence-corrected chi connectivity index (χ4v) is 6.94. The molecule has 270 valence electrons. The molecule has 4 aromatic rings. The van der Waals surface area contributed by atoms with E-state index in [9.17, 15) is 18.7 Å². The van der Waals surface area contributed by atoms with E-state index in [4.69, 9.17) is 15.2 Å². The van der Waals surface area contributed by atoms with Gasteiger partial charge in [0.25, 0.3) is 0 Å². The van der Waals surface area contributed by atoms with Crippen LogP contribution in [0.3, 0.4) is 0 Å². The molecule has 3 aromatic carbocycles. The molecule has 0 saturated carbocycles. The molecule has 2 aliphatic heterocycles. The summed E-state index contributed by atoms with van der Waals surface area (Å²) >= 11 is 0. The SMILES string of the molecule is CC[C@@H]([C@H](C)O)n1ncn(-c2ccc(N3CCN(c4ccc(OC[C@@H]5CO[C@@](CN=CN=CN)(c6ccc(F)cc6F)C5)cc4)CC3)cc2)c1=O. The zero-order valence-electron chi connectivity index (χ0n) is 28.8. The van der Waals surface area contributed by atoms with Gasteiger partial charge in [-0.3, -0.25) is 4.99 Å². The van der Waals surface area contributed by atoms with E-state index in [0.29, 0.717) is 26.1 Å². The molecule has 0 unspecified atom stereocenters. The van der Waals surface area contributed by atoms with Crippen LogP contribution < -0.4 is 26.0 Å². The maximum Gasteiger partial charge on any atom is 0.350 e. The first-order valence-electron chi connectivity index (χ1n) is 17.2. The summed E-state index contributed by atoms with van der Waals surface area (Å²) in [6.07, 6.45) is 4.27. The number of halogens is 2. The minimum atomic E-state index is -1.07. The number of hydrogen-bond donors (Lipinski definition) is 2. The monoisotopic (exact) mass is 702 g/mol. The Balaban J connectivity index is 1.01. The number of ether oxygens (including phenoxy) is 2. The molecule has 1 aromatic heterocycles. The maximum atomic E-state index is 14.9. The Kier molecular flexibility index (Phi) is 11.1. The highest BCUT2D eigenvalue weighted by Gasteiger charge is 2.44. The molecule has 0 aliphatic carbocycles. The first-order valence-corrected chi connectivity index (χ1v) is 17.2. The number of benzene rings is 3. The van der Waals surface area contributed by atoms with Crippen LogP contribution in [-0.2, 0) is 10.3 Å². The van der Waals surface area contributed by atoms with Crippen LogP contribution in [0, 0.1) is 17.6 Å². The highest BCUT2D eigenvalue weighted by Crippen LogP contribution is 2.41. The molecule has 0 amide bonds. The van der Waals surface area contributed by atoms with Crippen molar-refractivity contribution in [3.63, 3.8) is 0 Å². The normalized spacial score (nSPS) is 20.8. The van der Waals surface area contributed by atoms with Crippen LogP contribution >= 0.6 is 0 Å². The van der Waals surface area contributed by atoms with Gasteiger partial charge in [0, 0.05) is 55.1 Å². The smallest absolute Gasteiger partial charge is 0.350 e. The van der Waals surface area contributed by atoms with Crippen molar-refractivity contribution in [2.45, 2.75) is 44.4 Å². The number of aliphatic imine (C=N–C) groups is 2. The number of rotatable bonds is 13. The molecular formula is C37H44F2N8O4. The number of aliphatic hydroxyl groups excluding tert-OH is 1. The van der Waals surface area contributed by atoms with E-state index in [1.807, 2.05) is 55.5 Å². The van der Waals surface area contributed by atoms with Crippen molar-refractivity contribution < 1.29 is 23.4 Å². The lowest BCUT2D eigenvalue weighted by Gasteiger charge is -2.37. The molecule has 2 fully saturated rings. The number of piperazine rings is 1. The third-order valence-electron chi connectivity index (χ3n) is 9.66. The molecule has 2 aliphatic rings. The molecule has 0 radical (unpaired) electrons. The minimum Gasteiger partial charge on any atom is -0.493 e. The third-order valence-corrected chi connectivity index (χ3v) is 9.66. The number of aromatic nitrogens is 3. The molecule has 0 spiro atoms. The minimum absolute atomic E-state index is 0.0355. The second-order valence-electron chi connectivity index (χ2n) is 13.0. The largest absolute Gasteiger partial charge is 0.493 e. The number of nitrogens with two attached hydrogens (primary N) is 1. The van der Waals surface area contributed by atoms with Gasteiger partial charge in [-0.05, 0) is 74.4 Å². The van der Waals surface area contributed by atoms with Crippen LogP contribution in [0.1, 0.15) is 38.3 Å². The van der Waals surface area contributed by atoms with E-state index < -0.39 is 23.3 Å². The number of hydrogen-bond acceptors (Lipinski definition) is 8. The fraction of sp³-hybridized carbons (Fsp3) is 0.405. The van der Waals surface area contributed by atoms with Crippen LogP contribution in [0.2, 0.25) is 0 Å². The third kappa shape index (κ3) is 7.97. The fourth-order valence-electron chi connectivity index (χ4n) is 6.94. The summed E-state index contributed by atoms with van der Waals surface area (Å²) in [7, 11) is 0. The van der Waals surface area contributed by atoms with Crippen molar-refractivity contribution in [3.8, 4) is 11.4 Å². The van der Waals surface area contributed by atoms with Crippen LogP contribution in [0.5, 0.6) is 5.75 Å². The van der Waals surface area contributed by atoms with E-state index in [2.05, 4.69) is 24.9 Å². The summed E-state index contributed by atoms with van der Waals surface area (Å²) in [5, 5.41) is 14.3. The van der Waals surface area contributed by atoms with Gasteiger partial charge in [-0.25, -0.2) is 27.8 Å². The highest BCUT2D eigenvalue weighted by atomic mass is 19.1. The number of aliphatic hydroxyl groups is 1. The van der Waals surface area contributed by atoms with E-state index >= 15 is 0 Å². The first-order chi connectivity index (χ1) is 24.7. The standard InChI is InChI=1S/C37H44F2N8O4/c1-3-35(26(2)48)47-36(49)46(25-43-47)31-7-5-29(6-8-31)44-14-16-45(17-15-44)30-9-11-32(12-10-30)50-20-27-19-37(51-21-27,22-41-24-42-23-40)33-13-4-28(38)18-34(33)39/h4-13,18,23-27,35,48H,3,14-17,19-22H2,1-2H3,(H2,40,41,42)/t26-,27+,35-,37-/m0/s1. The summed E-state index contributed by atoms with van der Waals surface area (Å²) in [4.78, 5) is 25.7. The van der Waals surface area contributed by atoms with Gasteiger partial charge in [-0.2, -0.15) is 5.10 Å². The van der Waals surface area contributed by atoms with E-state index in [0.717, 1.165) is 61.4 Å². The van der Waals surface area contributed by atoms with E-state index in [1.54, 1.807) is 6.92 Å². The maximum absolute atomic E-state index is 14.9. The molecule has 14 heteroatoms. The lowest BCUT2D eigenvalue weighted by molar-refractivity contribution is 0.00416. The van der Waals surface area contributed by atoms with Crippen LogP contribution in [0.15, 0.2) is 87.8 Å². The first kappa shape index (κ1) is 35.7. The van der Waals surface area contributed by atoms with Gasteiger partial charge in [-0.15, -0.1) is 0 Å². The predicted molar refractivity (Wildman–Crippen MR) is 193 cm³/mol. The average Bonchev–Trinajstić information content (AvgIpc) is 3.73. The van der Waals surface area contributed by atoms with E-state index in [1.165, 1.54) is 34.0 Å². The molecular weight excluding hydrogens is 658 g/mol. The quantitative estimate of drug-likeness (QED) is 0.156. The van der Waals surface area contributed by atoms with E-state index in [-0.39, 0.29) is 29.8 Å². The number of anilines is 2. The van der Waals surface area contributed by atoms with Gasteiger partial charge in [0.1, 0.15) is 35.7 Å². The van der Waals surface area contributed by atoms with Gasteiger partial charge < -0.3 is 30.1 Å². The Bertz CT molecular complexity index is 1870. The Labute approximate surface area is 295 Å². The predicted octanol–water partition coefficient (Wildman–Crippen LogP) is 4.30. The molecule has 4 atom stereocenters. The van der Waals surface area contributed by atoms with Crippen molar-refractivity contribution in [3.05, 3.63) is 101 Å². The Morgan fingerprint density at radius 1 is 1.04 bits per heavy atom. The summed E-state index contributed by atoms with van der Waals surface area (Å²) in [5.74, 6) is -0.649. The second kappa shape index (κ2) is 15.9. The molecule has 3 heterocycles. The zero-order valence-corrected chi connectivity index (χ0v) is 28.8. The van der Waals surface area contributed by atoms with Gasteiger partial charge >= 0.3 is 5.69 Å². The molecule has 2 saturated heterocycles. The van der Waals surface area contributed by atoms with Gasteiger partial charge in [0.2, 0.25) is 0 Å². The summed E-state index contributed by atoms with van der Waals surface area (Å²) in [6.45, 7) is 7.75. The summed E-state index contributed by atoms with van der Waals surface area (Å²) in [6, 6.07) is 19.0. The Hall–Kier alpha value is -5.08. The molecule has 51 heavy (non-hydrogen) atoms. The van der Waals surface area contributed by atoms with Crippen LogP contribution in [0.25, 0.3) is 5.69 Å². The highest BCUT2D eigenvalue weighted by molar-refractivity contribution is 5.69. The molecule has 3 N–H and O–H groups in total. The van der Waals surface area contributed by atoms with Crippen molar-refractivity contribution in [1.82, 2.24) is 14.3 Å².